The molecule has 0 atom stereocenters. The van der Waals surface area contributed by atoms with Gasteiger partial charge < -0.3 is 10.1 Å². The van der Waals surface area contributed by atoms with E-state index >= 15 is 0 Å². The Morgan fingerprint density at radius 1 is 1.25 bits per heavy atom. The van der Waals surface area contributed by atoms with Gasteiger partial charge in [-0.2, -0.15) is 0 Å². The van der Waals surface area contributed by atoms with Gasteiger partial charge in [-0.15, -0.1) is 6.42 Å². The lowest BCUT2D eigenvalue weighted by Crippen LogP contribution is -2.17. The molecule has 102 valence electrons. The van der Waals surface area contributed by atoms with E-state index in [9.17, 15) is 4.79 Å². The van der Waals surface area contributed by atoms with E-state index in [0.29, 0.717) is 11.3 Å². The average Bonchev–Trinajstić information content (AvgIpc) is 2.50. The second-order valence-electron chi connectivity index (χ2n) is 3.70. The van der Waals surface area contributed by atoms with Crippen molar-refractivity contribution in [2.24, 2.45) is 0 Å². The molecule has 1 aromatic heterocycles. The molecule has 0 saturated carbocycles. The molecular weight excluding hydrogens is 252 g/mol. The Morgan fingerprint density at radius 2 is 1.95 bits per heavy atom. The summed E-state index contributed by atoms with van der Waals surface area (Å²) in [6.07, 6.45) is 8.77. The van der Waals surface area contributed by atoms with Crippen LogP contribution < -0.4 is 5.32 Å². The third-order valence-electron chi connectivity index (χ3n) is 2.20. The number of rotatable bonds is 3. The highest BCUT2D eigenvalue weighted by molar-refractivity contribution is 5.93. The summed E-state index contributed by atoms with van der Waals surface area (Å²) in [7, 11) is 1.46. The van der Waals surface area contributed by atoms with E-state index in [-0.39, 0.29) is 12.5 Å². The molecular formula is C16H16N2O2. The van der Waals surface area contributed by atoms with Crippen molar-refractivity contribution in [3.63, 3.8) is 0 Å². The fourth-order valence-electron chi connectivity index (χ4n) is 1.35. The summed E-state index contributed by atoms with van der Waals surface area (Å²) in [6, 6.07) is 12.9. The van der Waals surface area contributed by atoms with E-state index in [1.807, 2.05) is 30.3 Å². The monoisotopic (exact) mass is 268 g/mol. The normalized spacial score (nSPS) is 8.80. The van der Waals surface area contributed by atoms with Crippen LogP contribution in [0.4, 0.5) is 5.69 Å². The summed E-state index contributed by atoms with van der Waals surface area (Å²) in [4.78, 5) is 15.0. The zero-order valence-corrected chi connectivity index (χ0v) is 11.2. The molecule has 0 aliphatic rings. The van der Waals surface area contributed by atoms with Crippen LogP contribution in [0.5, 0.6) is 0 Å². The highest BCUT2D eigenvalue weighted by atomic mass is 16.5. The van der Waals surface area contributed by atoms with Crippen molar-refractivity contribution in [2.45, 2.75) is 0 Å². The molecule has 0 radical (unpaired) electrons. The molecule has 4 heteroatoms. The summed E-state index contributed by atoms with van der Waals surface area (Å²) in [6.45, 7) is 0.0267. The molecule has 2 rings (SSSR count). The number of para-hydroxylation sites is 1. The van der Waals surface area contributed by atoms with E-state index in [1.54, 1.807) is 24.5 Å². The Bertz CT molecular complexity index is 535. The maximum Gasteiger partial charge on any atom is 0.250 e. The minimum Gasteiger partial charge on any atom is -0.375 e. The Balaban J connectivity index is 0.000000276. The number of hydrogen-bond acceptors (Lipinski definition) is 3. The first-order valence-electron chi connectivity index (χ1n) is 5.97. The molecule has 0 aliphatic heterocycles. The maximum atomic E-state index is 11.2. The molecule has 0 spiro atoms. The minimum absolute atomic E-state index is 0.0267. The molecule has 0 saturated heterocycles. The SMILES string of the molecule is C#Cc1ccccc1NC(=O)COC.c1ccncc1. The second-order valence-corrected chi connectivity index (χ2v) is 3.70. The molecule has 20 heavy (non-hydrogen) atoms. The van der Waals surface area contributed by atoms with Gasteiger partial charge >= 0.3 is 0 Å². The van der Waals surface area contributed by atoms with E-state index in [2.05, 4.69) is 21.0 Å². The highest BCUT2D eigenvalue weighted by Gasteiger charge is 2.03. The quantitative estimate of drug-likeness (QED) is 0.869. The van der Waals surface area contributed by atoms with Gasteiger partial charge in [0.25, 0.3) is 0 Å². The molecule has 1 N–H and O–H groups in total. The van der Waals surface area contributed by atoms with Gasteiger partial charge in [-0.3, -0.25) is 9.78 Å². The molecule has 1 aromatic carbocycles. The van der Waals surface area contributed by atoms with Crippen molar-refractivity contribution in [2.75, 3.05) is 19.0 Å². The fourth-order valence-corrected chi connectivity index (χ4v) is 1.35. The number of benzene rings is 1. The number of amides is 1. The molecule has 2 aromatic rings. The van der Waals surface area contributed by atoms with Crippen LogP contribution in [0.25, 0.3) is 0 Å². The van der Waals surface area contributed by atoms with Crippen LogP contribution in [0.1, 0.15) is 5.56 Å². The number of anilines is 1. The Hall–Kier alpha value is -2.64. The van der Waals surface area contributed by atoms with Gasteiger partial charge in [-0.25, -0.2) is 0 Å². The third-order valence-corrected chi connectivity index (χ3v) is 2.20. The number of hydrogen-bond donors (Lipinski definition) is 1. The molecule has 1 amide bonds. The van der Waals surface area contributed by atoms with Crippen molar-refractivity contribution >= 4 is 11.6 Å². The fraction of sp³-hybridized carbons (Fsp3) is 0.125. The molecule has 0 aliphatic carbocycles. The van der Waals surface area contributed by atoms with Gasteiger partial charge in [0.15, 0.2) is 0 Å². The highest BCUT2D eigenvalue weighted by Crippen LogP contribution is 2.12. The lowest BCUT2D eigenvalue weighted by atomic mass is 10.2. The molecule has 4 nitrogen and oxygen atoms in total. The number of ether oxygens (including phenoxy) is 1. The summed E-state index contributed by atoms with van der Waals surface area (Å²) in [5.41, 5.74) is 1.30. The topological polar surface area (TPSA) is 51.2 Å². The number of carbonyl (C=O) groups excluding carboxylic acids is 1. The standard InChI is InChI=1S/C11H11NO2.C5H5N/c1-3-9-6-4-5-7-10(9)12-11(13)8-14-2;1-2-4-6-5-3-1/h1,4-7H,8H2,2H3,(H,12,13);1-5H. The maximum absolute atomic E-state index is 11.2. The van der Waals surface area contributed by atoms with Crippen LogP contribution in [-0.2, 0) is 9.53 Å². The average molecular weight is 268 g/mol. The first-order valence-corrected chi connectivity index (χ1v) is 5.97. The van der Waals surface area contributed by atoms with Crippen LogP contribution in [0.2, 0.25) is 0 Å². The largest absolute Gasteiger partial charge is 0.375 e. The van der Waals surface area contributed by atoms with Crippen LogP contribution in [-0.4, -0.2) is 24.6 Å². The lowest BCUT2D eigenvalue weighted by molar-refractivity contribution is -0.119. The van der Waals surface area contributed by atoms with E-state index in [4.69, 9.17) is 6.42 Å². The lowest BCUT2D eigenvalue weighted by Gasteiger charge is -2.06. The predicted octanol–water partition coefficient (Wildman–Crippen LogP) is 2.33. The first-order chi connectivity index (χ1) is 9.77. The molecule has 0 fully saturated rings. The summed E-state index contributed by atoms with van der Waals surface area (Å²) in [5.74, 6) is 2.27. The van der Waals surface area contributed by atoms with Gasteiger partial charge in [0, 0.05) is 25.1 Å². The predicted molar refractivity (Wildman–Crippen MR) is 79.1 cm³/mol. The summed E-state index contributed by atoms with van der Waals surface area (Å²) < 4.78 is 4.69. The van der Waals surface area contributed by atoms with Crippen LogP contribution >= 0.6 is 0 Å². The smallest absolute Gasteiger partial charge is 0.250 e. The molecule has 1 heterocycles. The van der Waals surface area contributed by atoms with Crippen molar-refractivity contribution in [3.8, 4) is 12.3 Å². The summed E-state index contributed by atoms with van der Waals surface area (Å²) in [5, 5.41) is 2.66. The number of terminal acetylenes is 1. The Labute approximate surface area is 118 Å². The number of nitrogens with one attached hydrogen (secondary N) is 1. The zero-order chi connectivity index (χ0) is 14.6. The van der Waals surface area contributed by atoms with Gasteiger partial charge in [-0.05, 0) is 24.3 Å². The van der Waals surface area contributed by atoms with E-state index in [0.717, 1.165) is 0 Å². The number of aromatic nitrogens is 1. The van der Waals surface area contributed by atoms with Gasteiger partial charge in [0.1, 0.15) is 6.61 Å². The van der Waals surface area contributed by atoms with Crippen molar-refractivity contribution in [1.82, 2.24) is 4.98 Å². The van der Waals surface area contributed by atoms with Crippen molar-refractivity contribution in [1.29, 1.82) is 0 Å². The van der Waals surface area contributed by atoms with E-state index in [1.165, 1.54) is 7.11 Å². The van der Waals surface area contributed by atoms with Gasteiger partial charge in [0.2, 0.25) is 5.91 Å². The number of carbonyl (C=O) groups is 1. The number of pyridine rings is 1. The number of methoxy groups -OCH3 is 1. The zero-order valence-electron chi connectivity index (χ0n) is 11.2. The number of nitrogens with zero attached hydrogens (tertiary/aromatic N) is 1. The van der Waals surface area contributed by atoms with Crippen LogP contribution in [0, 0.1) is 12.3 Å². The van der Waals surface area contributed by atoms with Crippen molar-refractivity contribution < 1.29 is 9.53 Å². The van der Waals surface area contributed by atoms with Crippen LogP contribution in [0.15, 0.2) is 54.9 Å². The van der Waals surface area contributed by atoms with Gasteiger partial charge in [0.05, 0.1) is 5.69 Å². The minimum atomic E-state index is -0.213. The molecule has 0 bridgehead atoms. The second kappa shape index (κ2) is 9.31. The molecule has 0 unspecified atom stereocenters. The van der Waals surface area contributed by atoms with Crippen LogP contribution in [0.3, 0.4) is 0 Å². The Kier molecular flexibility index (Phi) is 7.18. The first kappa shape index (κ1) is 15.4. The van der Waals surface area contributed by atoms with Crippen molar-refractivity contribution in [3.05, 3.63) is 60.4 Å². The third kappa shape index (κ3) is 5.80. The van der Waals surface area contributed by atoms with Gasteiger partial charge in [-0.1, -0.05) is 24.1 Å². The van der Waals surface area contributed by atoms with E-state index < -0.39 is 0 Å². The summed E-state index contributed by atoms with van der Waals surface area (Å²) >= 11 is 0. The Morgan fingerprint density at radius 3 is 2.45 bits per heavy atom.